The minimum absolute atomic E-state index is 0.155. The first-order valence-corrected chi connectivity index (χ1v) is 10.5. The number of hydrogen-bond donors (Lipinski definition) is 3. The fourth-order valence-corrected chi connectivity index (χ4v) is 3.79. The molecule has 0 aliphatic carbocycles. The van der Waals surface area contributed by atoms with Crippen LogP contribution in [0.25, 0.3) is 0 Å². The fraction of sp³-hybridized carbons (Fsp3) is 0.632. The normalized spacial score (nSPS) is 17.2. The van der Waals surface area contributed by atoms with E-state index >= 15 is 0 Å². The van der Waals surface area contributed by atoms with E-state index in [4.69, 9.17) is 4.74 Å². The summed E-state index contributed by atoms with van der Waals surface area (Å²) in [4.78, 5) is 40.7. The minimum atomic E-state index is -0.229. The number of carbonyl (C=O) groups excluding carboxylic acids is 1. The summed E-state index contributed by atoms with van der Waals surface area (Å²) in [5.74, 6) is 1.26. The number of nitrogens with zero attached hydrogens (tertiary/aromatic N) is 5. The van der Waals surface area contributed by atoms with E-state index < -0.39 is 0 Å². The Kier molecular flexibility index (Phi) is 6.26. The van der Waals surface area contributed by atoms with Crippen molar-refractivity contribution in [2.75, 3.05) is 54.5 Å². The highest BCUT2D eigenvalue weighted by Gasteiger charge is 2.18. The number of rotatable bonds is 6. The molecule has 0 unspecified atom stereocenters. The van der Waals surface area contributed by atoms with Gasteiger partial charge in [-0.05, 0) is 32.6 Å². The van der Waals surface area contributed by atoms with Gasteiger partial charge < -0.3 is 14.5 Å². The van der Waals surface area contributed by atoms with E-state index in [0.717, 1.165) is 25.9 Å². The summed E-state index contributed by atoms with van der Waals surface area (Å²) in [5, 5.41) is 9.68. The number of amides is 1. The molecule has 1 amide bonds. The van der Waals surface area contributed by atoms with E-state index in [-0.39, 0.29) is 17.9 Å². The van der Waals surface area contributed by atoms with Gasteiger partial charge in [0.1, 0.15) is 0 Å². The molecule has 162 valence electrons. The smallest absolute Gasteiger partial charge is 0.255 e. The lowest BCUT2D eigenvalue weighted by atomic mass is 10.1. The zero-order chi connectivity index (χ0) is 20.9. The Labute approximate surface area is 174 Å². The van der Waals surface area contributed by atoms with Crippen LogP contribution in [0.15, 0.2) is 4.79 Å². The van der Waals surface area contributed by atoms with Crippen LogP contribution in [0.2, 0.25) is 0 Å². The summed E-state index contributed by atoms with van der Waals surface area (Å²) in [7, 11) is 0. The summed E-state index contributed by atoms with van der Waals surface area (Å²) in [5.41, 5.74) is 0.956. The second-order valence-electron chi connectivity index (χ2n) is 7.63. The van der Waals surface area contributed by atoms with Gasteiger partial charge in [-0.1, -0.05) is 0 Å². The van der Waals surface area contributed by atoms with Gasteiger partial charge in [-0.3, -0.25) is 19.9 Å². The molecule has 11 heteroatoms. The molecule has 0 radical (unpaired) electrons. The molecule has 0 spiro atoms. The van der Waals surface area contributed by atoms with Gasteiger partial charge in [0, 0.05) is 43.9 Å². The third kappa shape index (κ3) is 4.78. The number of aromatic amines is 2. The topological polar surface area (TPSA) is 132 Å². The summed E-state index contributed by atoms with van der Waals surface area (Å²) in [6, 6.07) is 0. The van der Waals surface area contributed by atoms with Gasteiger partial charge in [0.2, 0.25) is 23.8 Å². The predicted molar refractivity (Wildman–Crippen MR) is 112 cm³/mol. The van der Waals surface area contributed by atoms with Gasteiger partial charge in [-0.25, -0.2) is 10.1 Å². The quantitative estimate of drug-likeness (QED) is 0.623. The number of hydrogen-bond acceptors (Lipinski definition) is 8. The SMILES string of the molecule is Cc1nc(N2CCOCC2)[nH]c(=O)c1CCC(=O)Nc1nc(N2CCCCC2)n[nH]1. The Bertz CT molecular complexity index is 928. The molecule has 2 aliphatic heterocycles. The van der Waals surface area contributed by atoms with Crippen LogP contribution < -0.4 is 20.7 Å². The molecule has 30 heavy (non-hydrogen) atoms. The Morgan fingerprint density at radius 1 is 1.10 bits per heavy atom. The van der Waals surface area contributed by atoms with Gasteiger partial charge in [-0.2, -0.15) is 4.98 Å². The third-order valence-corrected chi connectivity index (χ3v) is 5.49. The molecule has 0 aromatic carbocycles. The number of ether oxygens (including phenoxy) is 1. The number of carbonyl (C=O) groups is 1. The monoisotopic (exact) mass is 416 g/mol. The number of H-pyrrole nitrogens is 2. The zero-order valence-corrected chi connectivity index (χ0v) is 17.2. The Balaban J connectivity index is 1.33. The molecule has 0 bridgehead atoms. The Hall–Kier alpha value is -2.95. The van der Waals surface area contributed by atoms with Crippen molar-refractivity contribution in [3.63, 3.8) is 0 Å². The molecule has 0 saturated carbocycles. The molecule has 2 aliphatic rings. The number of morpholine rings is 1. The van der Waals surface area contributed by atoms with Crippen molar-refractivity contribution in [3.05, 3.63) is 21.6 Å². The van der Waals surface area contributed by atoms with Crippen LogP contribution in [0.1, 0.15) is 36.9 Å². The molecule has 3 N–H and O–H groups in total. The lowest BCUT2D eigenvalue weighted by Gasteiger charge is -2.27. The average Bonchev–Trinajstić information content (AvgIpc) is 3.22. The predicted octanol–water partition coefficient (Wildman–Crippen LogP) is 0.595. The summed E-state index contributed by atoms with van der Waals surface area (Å²) in [6.45, 7) is 6.29. The van der Waals surface area contributed by atoms with Crippen LogP contribution in [0.4, 0.5) is 17.8 Å². The van der Waals surface area contributed by atoms with Crippen molar-refractivity contribution in [1.82, 2.24) is 25.1 Å². The highest BCUT2D eigenvalue weighted by molar-refractivity contribution is 5.89. The number of aryl methyl sites for hydroxylation is 1. The highest BCUT2D eigenvalue weighted by atomic mass is 16.5. The molecule has 2 saturated heterocycles. The van der Waals surface area contributed by atoms with Crippen LogP contribution in [-0.2, 0) is 16.0 Å². The molecule has 0 atom stereocenters. The van der Waals surface area contributed by atoms with E-state index in [0.29, 0.717) is 61.8 Å². The summed E-state index contributed by atoms with van der Waals surface area (Å²) in [6.07, 6.45) is 3.94. The lowest BCUT2D eigenvalue weighted by Crippen LogP contribution is -2.38. The third-order valence-electron chi connectivity index (χ3n) is 5.49. The van der Waals surface area contributed by atoms with Crippen LogP contribution in [0.5, 0.6) is 0 Å². The van der Waals surface area contributed by atoms with Crippen LogP contribution in [0, 0.1) is 6.92 Å². The molecule has 2 aromatic heterocycles. The van der Waals surface area contributed by atoms with E-state index in [1.165, 1.54) is 6.42 Å². The van der Waals surface area contributed by atoms with Crippen molar-refractivity contribution in [3.8, 4) is 0 Å². The van der Waals surface area contributed by atoms with Crippen molar-refractivity contribution in [2.45, 2.75) is 39.0 Å². The van der Waals surface area contributed by atoms with E-state index in [2.05, 4.69) is 35.4 Å². The summed E-state index contributed by atoms with van der Waals surface area (Å²) < 4.78 is 5.33. The first-order valence-electron chi connectivity index (χ1n) is 10.5. The van der Waals surface area contributed by atoms with Crippen molar-refractivity contribution < 1.29 is 9.53 Å². The second kappa shape index (κ2) is 9.24. The molecular weight excluding hydrogens is 388 g/mol. The van der Waals surface area contributed by atoms with E-state index in [1.807, 2.05) is 4.90 Å². The molecule has 11 nitrogen and oxygen atoms in total. The van der Waals surface area contributed by atoms with Crippen LogP contribution in [-0.4, -0.2) is 70.4 Å². The maximum Gasteiger partial charge on any atom is 0.255 e. The fourth-order valence-electron chi connectivity index (χ4n) is 3.79. The van der Waals surface area contributed by atoms with Gasteiger partial charge in [-0.15, -0.1) is 5.10 Å². The minimum Gasteiger partial charge on any atom is -0.378 e. The van der Waals surface area contributed by atoms with Gasteiger partial charge in [0.25, 0.3) is 5.56 Å². The maximum absolute atomic E-state index is 12.5. The zero-order valence-electron chi connectivity index (χ0n) is 17.2. The maximum atomic E-state index is 12.5. The molecular formula is C19H28N8O3. The number of piperidine rings is 1. The van der Waals surface area contributed by atoms with Crippen LogP contribution in [0.3, 0.4) is 0 Å². The number of anilines is 3. The van der Waals surface area contributed by atoms with Crippen molar-refractivity contribution >= 4 is 23.8 Å². The van der Waals surface area contributed by atoms with Crippen LogP contribution >= 0.6 is 0 Å². The molecule has 4 rings (SSSR count). The first-order chi connectivity index (χ1) is 14.6. The lowest BCUT2D eigenvalue weighted by molar-refractivity contribution is -0.116. The molecule has 2 aromatic rings. The van der Waals surface area contributed by atoms with Crippen molar-refractivity contribution in [1.29, 1.82) is 0 Å². The molecule has 2 fully saturated rings. The summed E-state index contributed by atoms with van der Waals surface area (Å²) >= 11 is 0. The van der Waals surface area contributed by atoms with Gasteiger partial charge >= 0.3 is 0 Å². The molecule has 4 heterocycles. The first kappa shape index (κ1) is 20.3. The van der Waals surface area contributed by atoms with E-state index in [9.17, 15) is 9.59 Å². The number of nitrogens with one attached hydrogen (secondary N) is 3. The Morgan fingerprint density at radius 3 is 2.60 bits per heavy atom. The second-order valence-corrected chi connectivity index (χ2v) is 7.63. The number of aromatic nitrogens is 5. The average molecular weight is 416 g/mol. The van der Waals surface area contributed by atoms with Gasteiger partial charge in [0.05, 0.1) is 13.2 Å². The van der Waals surface area contributed by atoms with Gasteiger partial charge in [0.15, 0.2) is 0 Å². The largest absolute Gasteiger partial charge is 0.378 e. The van der Waals surface area contributed by atoms with E-state index in [1.54, 1.807) is 6.92 Å². The van der Waals surface area contributed by atoms with Crippen molar-refractivity contribution in [2.24, 2.45) is 0 Å². The Morgan fingerprint density at radius 2 is 1.87 bits per heavy atom. The highest BCUT2D eigenvalue weighted by Crippen LogP contribution is 2.16. The standard InChI is InChI=1S/C19H28N8O3/c1-13-14(16(29)22-18(20-13)27-9-11-30-12-10-27)5-6-15(28)21-17-23-19(25-24-17)26-7-3-2-4-8-26/h2-12H2,1H3,(H,20,22,29)(H2,21,23,24,25,28).